The first-order chi connectivity index (χ1) is 8.67. The van der Waals surface area contributed by atoms with Gasteiger partial charge in [-0.1, -0.05) is 0 Å². The minimum absolute atomic E-state index is 0.147. The summed E-state index contributed by atoms with van der Waals surface area (Å²) in [6, 6.07) is 0. The maximum atomic E-state index is 11.6. The van der Waals surface area contributed by atoms with Gasteiger partial charge in [0.25, 0.3) is 5.78 Å². The second-order valence-corrected chi connectivity index (χ2v) is 3.45. The van der Waals surface area contributed by atoms with Crippen LogP contribution < -0.4 is 5.73 Å². The van der Waals surface area contributed by atoms with Crippen molar-refractivity contribution in [3.63, 3.8) is 0 Å². The molecular weight excluding hydrogens is 238 g/mol. The molecule has 2 rings (SSSR count). The first-order valence-electron chi connectivity index (χ1n) is 5.33. The number of nitrogen functional groups attached to an aromatic ring is 1. The van der Waals surface area contributed by atoms with Crippen LogP contribution in [0.1, 0.15) is 23.1 Å². The molecule has 0 fully saturated rings. The Morgan fingerprint density at radius 1 is 1.56 bits per heavy atom. The summed E-state index contributed by atoms with van der Waals surface area (Å²) in [6.07, 6.45) is 1.33. The number of ether oxygens (including phenoxy) is 2. The second-order valence-electron chi connectivity index (χ2n) is 3.45. The van der Waals surface area contributed by atoms with Crippen molar-refractivity contribution in [2.45, 2.75) is 13.5 Å². The number of anilines is 1. The van der Waals surface area contributed by atoms with Gasteiger partial charge < -0.3 is 15.2 Å². The Morgan fingerprint density at radius 3 is 3.00 bits per heavy atom. The Balaban J connectivity index is 2.46. The van der Waals surface area contributed by atoms with Crippen LogP contribution in [0.2, 0.25) is 0 Å². The lowest BCUT2D eigenvalue weighted by Crippen LogP contribution is -2.12. The number of nitrogens with two attached hydrogens (primary N) is 1. The van der Waals surface area contributed by atoms with Crippen LogP contribution in [0.5, 0.6) is 0 Å². The largest absolute Gasteiger partial charge is 0.462 e. The molecule has 0 aliphatic carbocycles. The number of rotatable bonds is 4. The summed E-state index contributed by atoms with van der Waals surface area (Å²) in [6.45, 7) is 2.23. The molecule has 0 saturated heterocycles. The third-order valence-electron chi connectivity index (χ3n) is 2.22. The van der Waals surface area contributed by atoms with Crippen molar-refractivity contribution in [1.82, 2.24) is 19.6 Å². The molecule has 8 nitrogen and oxygen atoms in total. The number of hydrogen-bond acceptors (Lipinski definition) is 7. The summed E-state index contributed by atoms with van der Waals surface area (Å²) >= 11 is 0. The smallest absolute Gasteiger partial charge is 0.343 e. The van der Waals surface area contributed by atoms with Gasteiger partial charge in [-0.3, -0.25) is 0 Å². The fraction of sp³-hybridized carbons (Fsp3) is 0.400. The van der Waals surface area contributed by atoms with Gasteiger partial charge in [0.05, 0.1) is 6.61 Å². The quantitative estimate of drug-likeness (QED) is 0.764. The first kappa shape index (κ1) is 12.2. The average Bonchev–Trinajstić information content (AvgIpc) is 2.74. The van der Waals surface area contributed by atoms with Crippen molar-refractivity contribution in [2.24, 2.45) is 0 Å². The van der Waals surface area contributed by atoms with E-state index in [1.165, 1.54) is 17.8 Å². The van der Waals surface area contributed by atoms with Crippen molar-refractivity contribution >= 4 is 17.6 Å². The van der Waals surface area contributed by atoms with E-state index in [0.29, 0.717) is 11.6 Å². The van der Waals surface area contributed by atoms with Crippen molar-refractivity contribution < 1.29 is 14.3 Å². The molecule has 0 aliphatic rings. The summed E-state index contributed by atoms with van der Waals surface area (Å²) in [7, 11) is 1.53. The molecule has 0 radical (unpaired) electrons. The highest BCUT2D eigenvalue weighted by atomic mass is 16.5. The van der Waals surface area contributed by atoms with Crippen molar-refractivity contribution in [3.8, 4) is 0 Å². The molecule has 0 bridgehead atoms. The van der Waals surface area contributed by atoms with E-state index in [2.05, 4.69) is 15.1 Å². The SMILES string of the molecule is CCOC(=O)c1cnc2nc(COC)nn2c1N. The molecule has 2 aromatic heterocycles. The van der Waals surface area contributed by atoms with E-state index in [-0.39, 0.29) is 24.6 Å². The minimum atomic E-state index is -0.534. The van der Waals surface area contributed by atoms with E-state index in [4.69, 9.17) is 15.2 Å². The second kappa shape index (κ2) is 4.96. The van der Waals surface area contributed by atoms with E-state index >= 15 is 0 Å². The number of nitrogens with zero attached hydrogens (tertiary/aromatic N) is 4. The Bertz CT molecular complexity index is 580. The number of hydrogen-bond donors (Lipinski definition) is 1. The van der Waals surface area contributed by atoms with Gasteiger partial charge in [-0.25, -0.2) is 9.78 Å². The van der Waals surface area contributed by atoms with Crippen molar-refractivity contribution in [1.29, 1.82) is 0 Å². The van der Waals surface area contributed by atoms with E-state index in [9.17, 15) is 4.79 Å². The Morgan fingerprint density at radius 2 is 2.33 bits per heavy atom. The van der Waals surface area contributed by atoms with Crippen molar-refractivity contribution in [2.75, 3.05) is 19.5 Å². The lowest BCUT2D eigenvalue weighted by atomic mass is 10.3. The predicted octanol–water partition coefficient (Wildman–Crippen LogP) is 0.0296. The Kier molecular flexibility index (Phi) is 3.38. The topological polar surface area (TPSA) is 105 Å². The Labute approximate surface area is 103 Å². The number of methoxy groups -OCH3 is 1. The molecule has 0 spiro atoms. The molecule has 0 aliphatic heterocycles. The molecule has 96 valence electrons. The summed E-state index contributed by atoms with van der Waals surface area (Å²) in [4.78, 5) is 19.7. The number of aromatic nitrogens is 4. The lowest BCUT2D eigenvalue weighted by molar-refractivity contribution is 0.0526. The van der Waals surface area contributed by atoms with Crippen LogP contribution in [0.4, 0.5) is 5.82 Å². The highest BCUT2D eigenvalue weighted by Gasteiger charge is 2.16. The molecule has 8 heteroatoms. The van der Waals surface area contributed by atoms with Crippen molar-refractivity contribution in [3.05, 3.63) is 17.6 Å². The van der Waals surface area contributed by atoms with Crippen LogP contribution in [0.25, 0.3) is 5.78 Å². The van der Waals surface area contributed by atoms with E-state index in [0.717, 1.165) is 0 Å². The molecule has 0 unspecified atom stereocenters. The fourth-order valence-corrected chi connectivity index (χ4v) is 1.45. The highest BCUT2D eigenvalue weighted by Crippen LogP contribution is 2.13. The van der Waals surface area contributed by atoms with Gasteiger partial charge in [0.1, 0.15) is 18.0 Å². The molecule has 2 heterocycles. The van der Waals surface area contributed by atoms with Gasteiger partial charge >= 0.3 is 5.97 Å². The number of carbonyl (C=O) groups excluding carboxylic acids is 1. The van der Waals surface area contributed by atoms with Gasteiger partial charge in [0.15, 0.2) is 5.82 Å². The van der Waals surface area contributed by atoms with Gasteiger partial charge in [0, 0.05) is 13.3 Å². The molecule has 2 N–H and O–H groups in total. The molecule has 0 atom stereocenters. The van der Waals surface area contributed by atoms with Gasteiger partial charge in [-0.15, -0.1) is 5.10 Å². The minimum Gasteiger partial charge on any atom is -0.462 e. The van der Waals surface area contributed by atoms with Gasteiger partial charge in [0.2, 0.25) is 0 Å². The Hall–Kier alpha value is -2.22. The number of fused-ring (bicyclic) bond motifs is 1. The van der Waals surface area contributed by atoms with Crippen LogP contribution in [0.3, 0.4) is 0 Å². The average molecular weight is 251 g/mol. The molecular formula is C10H13N5O3. The third-order valence-corrected chi connectivity index (χ3v) is 2.22. The zero-order valence-corrected chi connectivity index (χ0v) is 10.1. The zero-order chi connectivity index (χ0) is 13.1. The lowest BCUT2D eigenvalue weighted by Gasteiger charge is -2.04. The van der Waals surface area contributed by atoms with Crippen LogP contribution >= 0.6 is 0 Å². The number of esters is 1. The highest BCUT2D eigenvalue weighted by molar-refractivity contribution is 5.94. The molecule has 0 aromatic carbocycles. The van der Waals surface area contributed by atoms with E-state index in [1.807, 2.05) is 0 Å². The maximum Gasteiger partial charge on any atom is 0.343 e. The molecule has 18 heavy (non-hydrogen) atoms. The van der Waals surface area contributed by atoms with E-state index < -0.39 is 5.97 Å². The number of carbonyl (C=O) groups is 1. The maximum absolute atomic E-state index is 11.6. The molecule has 0 saturated carbocycles. The first-order valence-corrected chi connectivity index (χ1v) is 5.33. The summed E-state index contributed by atoms with van der Waals surface area (Å²) in [5, 5.41) is 4.09. The van der Waals surface area contributed by atoms with Crippen LogP contribution in [-0.4, -0.2) is 39.3 Å². The molecule has 2 aromatic rings. The van der Waals surface area contributed by atoms with E-state index in [1.54, 1.807) is 6.92 Å². The van der Waals surface area contributed by atoms with Gasteiger partial charge in [-0.2, -0.15) is 9.50 Å². The standard InChI is InChI=1S/C10H13N5O3/c1-3-18-9(16)6-4-12-10-13-7(5-17-2)14-15(10)8(6)11/h4H,3,5,11H2,1-2H3. The van der Waals surface area contributed by atoms with Gasteiger partial charge in [-0.05, 0) is 6.92 Å². The summed E-state index contributed by atoms with van der Waals surface area (Å²) in [5.74, 6) is 0.367. The zero-order valence-electron chi connectivity index (χ0n) is 10.1. The predicted molar refractivity (Wildman–Crippen MR) is 61.9 cm³/mol. The monoisotopic (exact) mass is 251 g/mol. The van der Waals surface area contributed by atoms with Crippen LogP contribution in [0.15, 0.2) is 6.20 Å². The van der Waals surface area contributed by atoms with Crippen LogP contribution in [0, 0.1) is 0 Å². The normalized spacial score (nSPS) is 10.8. The fourth-order valence-electron chi connectivity index (χ4n) is 1.45. The van der Waals surface area contributed by atoms with Crippen LogP contribution in [-0.2, 0) is 16.1 Å². The summed E-state index contributed by atoms with van der Waals surface area (Å²) in [5.41, 5.74) is 6.00. The summed E-state index contributed by atoms with van der Waals surface area (Å²) < 4.78 is 11.1. The molecule has 0 amide bonds. The third kappa shape index (κ3) is 2.09.